The maximum absolute atomic E-state index is 12.4. The molecule has 23 heavy (non-hydrogen) atoms. The third-order valence-corrected chi connectivity index (χ3v) is 4.86. The van der Waals surface area contributed by atoms with Gasteiger partial charge in [0.1, 0.15) is 17.5 Å². The summed E-state index contributed by atoms with van der Waals surface area (Å²) in [4.78, 5) is 33.8. The zero-order valence-corrected chi connectivity index (χ0v) is 13.8. The Morgan fingerprint density at radius 1 is 1.43 bits per heavy atom. The molecular formula is C14H16N6O2S. The van der Waals surface area contributed by atoms with Crippen molar-refractivity contribution in [1.29, 1.82) is 0 Å². The molecule has 1 N–H and O–H groups in total. The fraction of sp³-hybridized carbons (Fsp3) is 0.357. The van der Waals surface area contributed by atoms with Gasteiger partial charge in [-0.25, -0.2) is 14.6 Å². The number of carbonyl (C=O) groups excluding carboxylic acids is 1. The fourth-order valence-electron chi connectivity index (χ4n) is 2.28. The number of nitrogens with zero attached hydrogens (tertiary/aromatic N) is 5. The van der Waals surface area contributed by atoms with Crippen LogP contribution in [0.5, 0.6) is 0 Å². The van der Waals surface area contributed by atoms with Gasteiger partial charge >= 0.3 is 0 Å². The van der Waals surface area contributed by atoms with Crippen LogP contribution in [0.4, 0.5) is 0 Å². The molecule has 0 aliphatic rings. The van der Waals surface area contributed by atoms with Crippen molar-refractivity contribution in [2.45, 2.75) is 19.9 Å². The summed E-state index contributed by atoms with van der Waals surface area (Å²) >= 11 is 1.23. The lowest BCUT2D eigenvalue weighted by Crippen LogP contribution is -2.29. The minimum Gasteiger partial charge on any atom is -0.349 e. The smallest absolute Gasteiger partial charge is 0.262 e. The summed E-state index contributed by atoms with van der Waals surface area (Å²) in [5.41, 5.74) is 0.531. The van der Waals surface area contributed by atoms with Gasteiger partial charge in [0.15, 0.2) is 0 Å². The molecule has 0 spiro atoms. The Morgan fingerprint density at radius 3 is 2.91 bits per heavy atom. The van der Waals surface area contributed by atoms with Crippen LogP contribution in [-0.2, 0) is 7.05 Å². The van der Waals surface area contributed by atoms with Crippen molar-refractivity contribution in [1.82, 2.24) is 29.6 Å². The van der Waals surface area contributed by atoms with Gasteiger partial charge in [-0.1, -0.05) is 0 Å². The van der Waals surface area contributed by atoms with Crippen molar-refractivity contribution in [2.24, 2.45) is 7.05 Å². The van der Waals surface area contributed by atoms with Gasteiger partial charge in [-0.2, -0.15) is 5.10 Å². The van der Waals surface area contributed by atoms with Crippen LogP contribution in [-0.4, -0.2) is 36.8 Å². The van der Waals surface area contributed by atoms with Gasteiger partial charge in [-0.3, -0.25) is 9.59 Å². The largest absolute Gasteiger partial charge is 0.349 e. The number of aryl methyl sites for hydroxylation is 2. The summed E-state index contributed by atoms with van der Waals surface area (Å²) in [5.74, 6) is -0.209. The zero-order chi connectivity index (χ0) is 16.6. The van der Waals surface area contributed by atoms with Crippen molar-refractivity contribution in [3.8, 4) is 0 Å². The molecule has 0 saturated carbocycles. The minimum absolute atomic E-state index is 0.0119. The van der Waals surface area contributed by atoms with E-state index in [1.165, 1.54) is 28.6 Å². The number of hydrogen-bond donors (Lipinski definition) is 1. The Bertz CT molecular complexity index is 911. The molecule has 0 aliphatic heterocycles. The lowest BCUT2D eigenvalue weighted by Gasteiger charge is -2.12. The topological polar surface area (TPSA) is 94.7 Å². The van der Waals surface area contributed by atoms with Crippen molar-refractivity contribution in [3.05, 3.63) is 39.8 Å². The fourth-order valence-corrected chi connectivity index (χ4v) is 3.34. The first-order valence-electron chi connectivity index (χ1n) is 7.06. The zero-order valence-electron chi connectivity index (χ0n) is 13.0. The van der Waals surface area contributed by atoms with E-state index < -0.39 is 0 Å². The molecule has 8 nitrogen and oxygen atoms in total. The van der Waals surface area contributed by atoms with E-state index in [0.29, 0.717) is 27.2 Å². The van der Waals surface area contributed by atoms with E-state index in [1.54, 1.807) is 25.0 Å². The molecule has 0 bridgehead atoms. The van der Waals surface area contributed by atoms with E-state index in [2.05, 4.69) is 20.4 Å². The molecular weight excluding hydrogens is 316 g/mol. The number of carbonyl (C=O) groups is 1. The predicted molar refractivity (Wildman–Crippen MR) is 86.7 cm³/mol. The maximum Gasteiger partial charge on any atom is 0.262 e. The van der Waals surface area contributed by atoms with Crippen LogP contribution in [0.25, 0.3) is 10.2 Å². The van der Waals surface area contributed by atoms with E-state index in [9.17, 15) is 9.59 Å². The normalized spacial score (nSPS) is 12.5. The van der Waals surface area contributed by atoms with E-state index >= 15 is 0 Å². The number of amides is 1. The molecule has 3 rings (SSSR count). The molecule has 1 atom stereocenters. The highest BCUT2D eigenvalue weighted by atomic mass is 32.1. The SMILES string of the molecule is Cc1c(C(=O)NCC(C)n2cncn2)sc2ncn(C)c(=O)c12. The molecule has 9 heteroatoms. The van der Waals surface area contributed by atoms with Crippen LogP contribution in [0.15, 0.2) is 23.8 Å². The molecule has 120 valence electrons. The standard InChI is InChI=1S/C14H16N6O2S/c1-8(20-6-15-5-18-20)4-16-12(21)11-9(2)10-13(23-11)17-7-19(3)14(10)22/h5-8H,4H2,1-3H3,(H,16,21). The molecule has 1 unspecified atom stereocenters. The van der Waals surface area contributed by atoms with Crippen molar-refractivity contribution >= 4 is 27.5 Å². The molecule has 0 radical (unpaired) electrons. The Hall–Kier alpha value is -2.55. The van der Waals surface area contributed by atoms with Gasteiger partial charge in [0.25, 0.3) is 11.5 Å². The lowest BCUT2D eigenvalue weighted by atomic mass is 10.2. The summed E-state index contributed by atoms with van der Waals surface area (Å²) in [6.45, 7) is 4.13. The van der Waals surface area contributed by atoms with Gasteiger partial charge in [0.2, 0.25) is 0 Å². The highest BCUT2D eigenvalue weighted by Crippen LogP contribution is 2.26. The van der Waals surface area contributed by atoms with E-state index in [1.807, 2.05) is 6.92 Å². The Balaban J connectivity index is 1.83. The molecule has 3 aromatic heterocycles. The summed E-state index contributed by atoms with van der Waals surface area (Å²) in [6.07, 6.45) is 4.53. The lowest BCUT2D eigenvalue weighted by molar-refractivity contribution is 0.0951. The summed E-state index contributed by atoms with van der Waals surface area (Å²) in [6, 6.07) is -0.0119. The number of fused-ring (bicyclic) bond motifs is 1. The highest BCUT2D eigenvalue weighted by Gasteiger charge is 2.19. The van der Waals surface area contributed by atoms with Crippen molar-refractivity contribution < 1.29 is 4.79 Å². The second-order valence-electron chi connectivity index (χ2n) is 5.33. The second kappa shape index (κ2) is 5.92. The summed E-state index contributed by atoms with van der Waals surface area (Å²) < 4.78 is 3.09. The second-order valence-corrected chi connectivity index (χ2v) is 6.33. The first-order valence-corrected chi connectivity index (χ1v) is 7.87. The van der Waals surface area contributed by atoms with Gasteiger partial charge < -0.3 is 9.88 Å². The average molecular weight is 332 g/mol. The Kier molecular flexibility index (Phi) is 3.95. The number of thiophene rings is 1. The van der Waals surface area contributed by atoms with Crippen LogP contribution >= 0.6 is 11.3 Å². The quantitative estimate of drug-likeness (QED) is 0.765. The first-order chi connectivity index (χ1) is 11.0. The highest BCUT2D eigenvalue weighted by molar-refractivity contribution is 7.20. The van der Waals surface area contributed by atoms with E-state index in [-0.39, 0.29) is 17.5 Å². The van der Waals surface area contributed by atoms with E-state index in [4.69, 9.17) is 0 Å². The van der Waals surface area contributed by atoms with Crippen LogP contribution in [0.3, 0.4) is 0 Å². The number of hydrogen-bond acceptors (Lipinski definition) is 6. The van der Waals surface area contributed by atoms with Crippen LogP contribution in [0, 0.1) is 6.92 Å². The monoisotopic (exact) mass is 332 g/mol. The van der Waals surface area contributed by atoms with Crippen molar-refractivity contribution in [3.63, 3.8) is 0 Å². The molecule has 0 fully saturated rings. The average Bonchev–Trinajstić information content (AvgIpc) is 3.17. The van der Waals surface area contributed by atoms with E-state index in [0.717, 1.165) is 0 Å². The van der Waals surface area contributed by atoms with Gasteiger partial charge in [-0.05, 0) is 19.4 Å². The van der Waals surface area contributed by atoms with Crippen molar-refractivity contribution in [2.75, 3.05) is 6.54 Å². The molecule has 3 heterocycles. The maximum atomic E-state index is 12.4. The van der Waals surface area contributed by atoms with Gasteiger partial charge in [0.05, 0.1) is 22.6 Å². The molecule has 0 aromatic carbocycles. The minimum atomic E-state index is -0.209. The Morgan fingerprint density at radius 2 is 2.22 bits per heavy atom. The first kappa shape index (κ1) is 15.3. The van der Waals surface area contributed by atoms with Gasteiger partial charge in [0, 0.05) is 13.6 Å². The molecule has 0 aliphatic carbocycles. The number of nitrogens with one attached hydrogen (secondary N) is 1. The molecule has 3 aromatic rings. The van der Waals surface area contributed by atoms with Crippen LogP contribution in [0.2, 0.25) is 0 Å². The summed E-state index contributed by atoms with van der Waals surface area (Å²) in [5, 5.41) is 7.42. The molecule has 0 saturated heterocycles. The summed E-state index contributed by atoms with van der Waals surface area (Å²) in [7, 11) is 1.64. The van der Waals surface area contributed by atoms with Gasteiger partial charge in [-0.15, -0.1) is 11.3 Å². The predicted octanol–water partition coefficient (Wildman–Crippen LogP) is 0.886. The Labute approximate surface area is 135 Å². The van der Waals surface area contributed by atoms with Crippen LogP contribution < -0.4 is 10.9 Å². The number of aromatic nitrogens is 5. The third kappa shape index (κ3) is 2.74. The molecule has 1 amide bonds. The third-order valence-electron chi connectivity index (χ3n) is 3.66. The van der Waals surface area contributed by atoms with Crippen LogP contribution in [0.1, 0.15) is 28.2 Å². The number of rotatable bonds is 4.